The highest BCUT2D eigenvalue weighted by molar-refractivity contribution is 6.05. The van der Waals surface area contributed by atoms with Crippen molar-refractivity contribution in [2.45, 2.75) is 144 Å². The average Bonchev–Trinajstić information content (AvgIpc) is 3.67. The Hall–Kier alpha value is -5.31. The molecule has 3 aromatic heterocycles. The second kappa shape index (κ2) is 25.0. The summed E-state index contributed by atoms with van der Waals surface area (Å²) in [6, 6.07) is 25.8. The molecule has 8 heteroatoms. The topological polar surface area (TPSA) is 88.2 Å². The zero-order valence-electron chi connectivity index (χ0n) is 41.6. The van der Waals surface area contributed by atoms with Gasteiger partial charge in [-0.1, -0.05) is 126 Å². The fourth-order valence-electron chi connectivity index (χ4n) is 9.28. The lowest BCUT2D eigenvalue weighted by Crippen LogP contribution is -2.53. The number of aromatic nitrogens is 3. The number of benzene rings is 3. The van der Waals surface area contributed by atoms with Gasteiger partial charge in [0.15, 0.2) is 0 Å². The first-order chi connectivity index (χ1) is 32.2. The molecule has 4 heterocycles. The number of hydrogen-bond acceptors (Lipinski definition) is 7. The Bertz CT molecular complexity index is 2560. The molecule has 2 N–H and O–H groups in total. The number of aryl methyl sites for hydroxylation is 1. The third-order valence-corrected chi connectivity index (χ3v) is 13.4. The van der Waals surface area contributed by atoms with Crippen LogP contribution < -0.4 is 16.2 Å². The van der Waals surface area contributed by atoms with Gasteiger partial charge < -0.3 is 20.0 Å². The van der Waals surface area contributed by atoms with Crippen molar-refractivity contribution < 1.29 is 4.42 Å². The quantitative estimate of drug-likeness (QED) is 0.0993. The first-order valence-corrected chi connectivity index (χ1v) is 25.2. The normalized spacial score (nSPS) is 16.4. The number of para-hydroxylation sites is 1. The number of anilines is 1. The van der Waals surface area contributed by atoms with Crippen molar-refractivity contribution in [3.05, 3.63) is 141 Å². The number of likely N-dealkylation sites (N-methyl/N-ethyl adjacent to an activating group) is 1. The molecule has 3 aliphatic rings. The van der Waals surface area contributed by atoms with Gasteiger partial charge >= 0.3 is 0 Å². The molecule has 3 fully saturated rings. The van der Waals surface area contributed by atoms with Crippen LogP contribution in [0.1, 0.15) is 147 Å². The van der Waals surface area contributed by atoms with Crippen LogP contribution in [0.5, 0.6) is 0 Å². The van der Waals surface area contributed by atoms with Crippen molar-refractivity contribution in [1.29, 1.82) is 0 Å². The lowest BCUT2D eigenvalue weighted by Gasteiger charge is -2.48. The van der Waals surface area contributed by atoms with Crippen molar-refractivity contribution in [3.63, 3.8) is 0 Å². The van der Waals surface area contributed by atoms with Gasteiger partial charge in [0.05, 0.1) is 6.20 Å². The maximum Gasteiger partial charge on any atom is 0.277 e. The average molecular weight is 891 g/mol. The maximum absolute atomic E-state index is 13.8. The van der Waals surface area contributed by atoms with Gasteiger partial charge in [-0.25, -0.2) is 4.98 Å². The Kier molecular flexibility index (Phi) is 19.0. The van der Waals surface area contributed by atoms with Gasteiger partial charge in [-0.15, -0.1) is 0 Å². The van der Waals surface area contributed by atoms with Gasteiger partial charge in [0.1, 0.15) is 22.7 Å². The number of nitrogens with zero attached hydrogens (tertiary/aromatic N) is 4. The minimum atomic E-state index is -0.0832. The van der Waals surface area contributed by atoms with E-state index in [2.05, 4.69) is 123 Å². The van der Waals surface area contributed by atoms with Gasteiger partial charge in [0.2, 0.25) is 0 Å². The van der Waals surface area contributed by atoms with Crippen LogP contribution in [0.3, 0.4) is 0 Å². The monoisotopic (exact) mass is 891 g/mol. The first kappa shape index (κ1) is 50.1. The molecule has 0 radical (unpaired) electrons. The van der Waals surface area contributed by atoms with E-state index in [1.807, 2.05) is 62.1 Å². The lowest BCUT2D eigenvalue weighted by atomic mass is 9.75. The Balaban J connectivity index is 0.000000209. The second-order valence-corrected chi connectivity index (χ2v) is 18.6. The molecule has 2 unspecified atom stereocenters. The molecule has 6 aromatic rings. The molecular weight excluding hydrogens is 813 g/mol. The van der Waals surface area contributed by atoms with Crippen LogP contribution in [0.15, 0.2) is 118 Å². The number of allylic oxidation sites excluding steroid dienone is 2. The Morgan fingerprint density at radius 1 is 0.894 bits per heavy atom. The van der Waals surface area contributed by atoms with Crippen LogP contribution in [-0.4, -0.2) is 52.2 Å². The molecule has 8 nitrogen and oxygen atoms in total. The van der Waals surface area contributed by atoms with Crippen LogP contribution in [-0.2, 0) is 13.0 Å². The van der Waals surface area contributed by atoms with Crippen molar-refractivity contribution in [3.8, 4) is 11.4 Å². The van der Waals surface area contributed by atoms with E-state index in [0.29, 0.717) is 24.0 Å². The molecule has 1 aliphatic heterocycles. The Morgan fingerprint density at radius 3 is 2.29 bits per heavy atom. The SMILES string of the molecule is CC.CCCN1CCC1C1CCC1.CCCc1ccc(-c2ncc(NC(C)c3ccc4oc5ccccc5c4c3)c(=O)n2CC=C2CCC2)cc1.CNC/C(C)=C/c1cnccc1C(C)C. The highest BCUT2D eigenvalue weighted by Gasteiger charge is 2.36. The van der Waals surface area contributed by atoms with Crippen LogP contribution in [0.25, 0.3) is 39.4 Å². The van der Waals surface area contributed by atoms with Gasteiger partial charge in [-0.05, 0) is 144 Å². The summed E-state index contributed by atoms with van der Waals surface area (Å²) in [6.07, 6.45) is 22.9. The van der Waals surface area contributed by atoms with Gasteiger partial charge in [0.25, 0.3) is 5.56 Å². The number of pyridine rings is 1. The molecule has 2 aliphatic carbocycles. The second-order valence-electron chi connectivity index (χ2n) is 18.6. The van der Waals surface area contributed by atoms with E-state index in [-0.39, 0.29) is 11.6 Å². The van der Waals surface area contributed by atoms with Crippen LogP contribution in [0.2, 0.25) is 0 Å². The third-order valence-electron chi connectivity index (χ3n) is 13.4. The number of rotatable bonds is 15. The minimum Gasteiger partial charge on any atom is -0.456 e. The molecule has 9 rings (SSSR count). The van der Waals surface area contributed by atoms with Gasteiger partial charge in [-0.3, -0.25) is 14.3 Å². The van der Waals surface area contributed by atoms with E-state index in [9.17, 15) is 4.79 Å². The van der Waals surface area contributed by atoms with Crippen molar-refractivity contribution >= 4 is 33.7 Å². The smallest absolute Gasteiger partial charge is 0.277 e. The standard InChI is InChI=1S/C33H33N3O2.C13H20N2.C10H19N.C2H6/c1-3-7-23-12-14-25(15-13-23)32-34-21-29(33(37)36(32)19-18-24-8-6-9-24)35-22(2)26-16-17-31-28(20-26)27-10-4-5-11-30(27)38-31;1-10(2)13-5-6-15-9-12(13)7-11(3)8-14-4;1-2-7-11-8-6-10(11)9-4-3-5-9;1-2/h4-5,10-18,20-22,35H,3,6-9,19H2,1-2H3;5-7,9-10,14H,8H2,1-4H3;9-10H,2-8H2,1H3;1-2H3/b;11-7+;;. The Morgan fingerprint density at radius 2 is 1.65 bits per heavy atom. The molecule has 2 atom stereocenters. The highest BCUT2D eigenvalue weighted by Crippen LogP contribution is 2.38. The molecule has 0 bridgehead atoms. The van der Waals surface area contributed by atoms with E-state index >= 15 is 0 Å². The zero-order chi connectivity index (χ0) is 47.0. The molecule has 1 saturated heterocycles. The minimum absolute atomic E-state index is 0.0505. The number of likely N-dealkylation sites (tertiary alicyclic amines) is 1. The van der Waals surface area contributed by atoms with Gasteiger partial charge in [-0.2, -0.15) is 0 Å². The van der Waals surface area contributed by atoms with E-state index in [4.69, 9.17) is 9.40 Å². The first-order valence-electron chi connectivity index (χ1n) is 25.2. The van der Waals surface area contributed by atoms with Crippen molar-refractivity contribution in [2.24, 2.45) is 5.92 Å². The summed E-state index contributed by atoms with van der Waals surface area (Å²) in [5, 5.41) is 8.77. The van der Waals surface area contributed by atoms with Crippen molar-refractivity contribution in [1.82, 2.24) is 24.8 Å². The zero-order valence-corrected chi connectivity index (χ0v) is 41.6. The molecule has 352 valence electrons. The molecular formula is C58H78N6O2. The fraction of sp³-hybridized carbons (Fsp3) is 0.466. The van der Waals surface area contributed by atoms with E-state index in [0.717, 1.165) is 77.3 Å². The van der Waals surface area contributed by atoms with Crippen LogP contribution in [0.4, 0.5) is 5.69 Å². The summed E-state index contributed by atoms with van der Waals surface area (Å²) in [7, 11) is 1.96. The fourth-order valence-corrected chi connectivity index (χ4v) is 9.28. The van der Waals surface area contributed by atoms with E-state index in [1.54, 1.807) is 6.20 Å². The lowest BCUT2D eigenvalue weighted by molar-refractivity contribution is 0.0146. The molecule has 0 amide bonds. The molecule has 3 aromatic carbocycles. The Labute approximate surface area is 396 Å². The summed E-state index contributed by atoms with van der Waals surface area (Å²) < 4.78 is 7.79. The van der Waals surface area contributed by atoms with Crippen LogP contribution in [0, 0.1) is 5.92 Å². The summed E-state index contributed by atoms with van der Waals surface area (Å²) >= 11 is 0. The van der Waals surface area contributed by atoms with E-state index in [1.165, 1.54) is 79.5 Å². The summed E-state index contributed by atoms with van der Waals surface area (Å²) in [5.41, 5.74) is 10.9. The van der Waals surface area contributed by atoms with Gasteiger partial charge in [0, 0.05) is 53.9 Å². The highest BCUT2D eigenvalue weighted by atomic mass is 16.3. The molecule has 66 heavy (non-hydrogen) atoms. The third kappa shape index (κ3) is 12.8. The summed E-state index contributed by atoms with van der Waals surface area (Å²) in [5.74, 6) is 2.34. The maximum atomic E-state index is 13.8. The van der Waals surface area contributed by atoms with E-state index < -0.39 is 0 Å². The summed E-state index contributed by atoms with van der Waals surface area (Å²) in [4.78, 5) is 25.4. The number of fused-ring (bicyclic) bond motifs is 3. The number of nitrogens with one attached hydrogen (secondary N) is 2. The largest absolute Gasteiger partial charge is 0.456 e. The number of furan rings is 1. The predicted molar refractivity (Wildman–Crippen MR) is 280 cm³/mol. The van der Waals surface area contributed by atoms with Crippen molar-refractivity contribution in [2.75, 3.05) is 32.0 Å². The van der Waals surface area contributed by atoms with Crippen LogP contribution >= 0.6 is 0 Å². The molecule has 0 spiro atoms. The molecule has 2 saturated carbocycles. The summed E-state index contributed by atoms with van der Waals surface area (Å²) in [6.45, 7) is 21.3. The number of hydrogen-bond donors (Lipinski definition) is 2. The predicted octanol–water partition coefficient (Wildman–Crippen LogP) is 14.2.